The Labute approximate surface area is 199 Å². The lowest BCUT2D eigenvalue weighted by Crippen LogP contribution is -2.52. The van der Waals surface area contributed by atoms with Gasteiger partial charge < -0.3 is 14.8 Å². The highest BCUT2D eigenvalue weighted by molar-refractivity contribution is 6.01. The molecule has 0 saturated heterocycles. The second-order valence-corrected chi connectivity index (χ2v) is 9.71. The van der Waals surface area contributed by atoms with Gasteiger partial charge in [0, 0.05) is 24.8 Å². The van der Waals surface area contributed by atoms with Crippen molar-refractivity contribution < 1.29 is 23.9 Å². The number of rotatable bonds is 5. The van der Waals surface area contributed by atoms with E-state index in [1.54, 1.807) is 32.9 Å². The Bertz CT molecular complexity index is 1140. The molecule has 2 atom stereocenters. The number of para-hydroxylation sites is 1. The van der Waals surface area contributed by atoms with E-state index in [0.29, 0.717) is 18.0 Å². The van der Waals surface area contributed by atoms with Crippen LogP contribution in [0.3, 0.4) is 0 Å². The molecule has 0 spiro atoms. The SMILES string of the molecule is COc1cccc2c1N(C(=O)OC(C)(C)C)C1CC(=O)C=C[C@]21CC(=O)NCc1ccccc1. The summed E-state index contributed by atoms with van der Waals surface area (Å²) in [5.74, 6) is 0.209. The first-order valence-electron chi connectivity index (χ1n) is 11.4. The molecule has 1 unspecified atom stereocenters. The molecule has 2 aromatic rings. The number of carbonyl (C=O) groups is 3. The number of ketones is 1. The zero-order valence-electron chi connectivity index (χ0n) is 20.0. The molecule has 0 radical (unpaired) electrons. The van der Waals surface area contributed by atoms with E-state index in [2.05, 4.69) is 5.32 Å². The van der Waals surface area contributed by atoms with Gasteiger partial charge in [0.25, 0.3) is 0 Å². The number of carbonyl (C=O) groups excluding carboxylic acids is 3. The number of nitrogens with one attached hydrogen (secondary N) is 1. The standard InChI is InChI=1S/C27H30N2O5/c1-26(2,3)34-25(32)29-22-15-19(30)13-14-27(22,20-11-8-12-21(33-4)24(20)29)16-23(31)28-17-18-9-6-5-7-10-18/h5-14,22H,15-17H2,1-4H3,(H,28,31)/t22?,27-/m0/s1. The van der Waals surface area contributed by atoms with E-state index in [-0.39, 0.29) is 24.5 Å². The van der Waals surface area contributed by atoms with E-state index < -0.39 is 23.2 Å². The minimum absolute atomic E-state index is 0.0771. The Morgan fingerprint density at radius 2 is 1.85 bits per heavy atom. The molecule has 0 bridgehead atoms. The molecule has 1 aliphatic carbocycles. The van der Waals surface area contributed by atoms with Crippen LogP contribution in [0, 0.1) is 0 Å². The Hall–Kier alpha value is -3.61. The summed E-state index contributed by atoms with van der Waals surface area (Å²) in [7, 11) is 1.53. The first-order valence-corrected chi connectivity index (χ1v) is 11.4. The normalized spacial score (nSPS) is 21.0. The number of fused-ring (bicyclic) bond motifs is 3. The summed E-state index contributed by atoms with van der Waals surface area (Å²) in [6.45, 7) is 5.77. The van der Waals surface area contributed by atoms with Gasteiger partial charge in [-0.25, -0.2) is 4.79 Å². The van der Waals surface area contributed by atoms with E-state index in [1.165, 1.54) is 18.1 Å². The number of benzene rings is 2. The smallest absolute Gasteiger partial charge is 0.415 e. The van der Waals surface area contributed by atoms with Crippen LogP contribution in [0.25, 0.3) is 0 Å². The minimum Gasteiger partial charge on any atom is -0.495 e. The van der Waals surface area contributed by atoms with E-state index in [1.807, 2.05) is 42.5 Å². The maximum Gasteiger partial charge on any atom is 0.415 e. The van der Waals surface area contributed by atoms with Crippen molar-refractivity contribution in [2.45, 2.75) is 57.2 Å². The van der Waals surface area contributed by atoms with Crippen LogP contribution >= 0.6 is 0 Å². The summed E-state index contributed by atoms with van der Waals surface area (Å²) in [4.78, 5) is 40.6. The maximum atomic E-state index is 13.4. The monoisotopic (exact) mass is 462 g/mol. The van der Waals surface area contributed by atoms with Crippen LogP contribution in [0.5, 0.6) is 5.75 Å². The van der Waals surface area contributed by atoms with Gasteiger partial charge >= 0.3 is 6.09 Å². The highest BCUT2D eigenvalue weighted by atomic mass is 16.6. The van der Waals surface area contributed by atoms with Gasteiger partial charge in [0.2, 0.25) is 5.91 Å². The van der Waals surface area contributed by atoms with Crippen LogP contribution in [0.1, 0.15) is 44.7 Å². The molecular weight excluding hydrogens is 432 g/mol. The summed E-state index contributed by atoms with van der Waals surface area (Å²) in [6.07, 6.45) is 2.88. The molecule has 1 N–H and O–H groups in total. The van der Waals surface area contributed by atoms with Crippen LogP contribution in [0.4, 0.5) is 10.5 Å². The van der Waals surface area contributed by atoms with Crippen LogP contribution in [0.15, 0.2) is 60.7 Å². The Balaban J connectivity index is 1.74. The van der Waals surface area contributed by atoms with Gasteiger partial charge in [0.05, 0.1) is 18.8 Å². The lowest BCUT2D eigenvalue weighted by atomic mass is 9.69. The summed E-state index contributed by atoms with van der Waals surface area (Å²) >= 11 is 0. The molecule has 0 saturated carbocycles. The zero-order valence-corrected chi connectivity index (χ0v) is 20.0. The lowest BCUT2D eigenvalue weighted by molar-refractivity contribution is -0.123. The fourth-order valence-corrected chi connectivity index (χ4v) is 4.78. The zero-order chi connectivity index (χ0) is 24.5. The summed E-state index contributed by atoms with van der Waals surface area (Å²) in [5.41, 5.74) is 0.686. The number of hydrogen-bond acceptors (Lipinski definition) is 5. The first-order chi connectivity index (χ1) is 16.1. The molecule has 2 aromatic carbocycles. The van der Waals surface area contributed by atoms with Crippen molar-refractivity contribution in [1.82, 2.24) is 5.32 Å². The van der Waals surface area contributed by atoms with Gasteiger partial charge in [0.15, 0.2) is 5.78 Å². The predicted octanol–water partition coefficient (Wildman–Crippen LogP) is 4.29. The molecule has 7 nitrogen and oxygen atoms in total. The molecule has 7 heteroatoms. The van der Waals surface area contributed by atoms with Crippen molar-refractivity contribution in [3.63, 3.8) is 0 Å². The lowest BCUT2D eigenvalue weighted by Gasteiger charge is -2.38. The van der Waals surface area contributed by atoms with Gasteiger partial charge in [-0.1, -0.05) is 48.5 Å². The molecule has 2 amide bonds. The second kappa shape index (κ2) is 8.97. The van der Waals surface area contributed by atoms with Crippen molar-refractivity contribution in [1.29, 1.82) is 0 Å². The second-order valence-electron chi connectivity index (χ2n) is 9.71. The van der Waals surface area contributed by atoms with Gasteiger partial charge in [0.1, 0.15) is 11.4 Å². The summed E-state index contributed by atoms with van der Waals surface area (Å²) < 4.78 is 11.3. The van der Waals surface area contributed by atoms with Crippen LogP contribution in [-0.4, -0.2) is 36.5 Å². The van der Waals surface area contributed by atoms with Gasteiger partial charge in [-0.3, -0.25) is 14.5 Å². The van der Waals surface area contributed by atoms with Crippen molar-refractivity contribution in [3.05, 3.63) is 71.8 Å². The molecule has 1 aliphatic heterocycles. The van der Waals surface area contributed by atoms with Crippen LogP contribution in [-0.2, 0) is 26.3 Å². The number of ether oxygens (including phenoxy) is 2. The van der Waals surface area contributed by atoms with Crippen LogP contribution < -0.4 is 15.0 Å². The molecule has 178 valence electrons. The number of allylic oxidation sites excluding steroid dienone is 1. The first kappa shape index (κ1) is 23.5. The average Bonchev–Trinajstić information content (AvgIpc) is 3.07. The highest BCUT2D eigenvalue weighted by Gasteiger charge is 2.56. The van der Waals surface area contributed by atoms with Crippen molar-refractivity contribution >= 4 is 23.5 Å². The molecule has 0 fully saturated rings. The Kier molecular flexibility index (Phi) is 6.21. The van der Waals surface area contributed by atoms with E-state index >= 15 is 0 Å². The number of nitrogens with zero attached hydrogens (tertiary/aromatic N) is 1. The number of methoxy groups -OCH3 is 1. The molecule has 0 aromatic heterocycles. The molecule has 1 heterocycles. The Morgan fingerprint density at radius 3 is 2.53 bits per heavy atom. The largest absolute Gasteiger partial charge is 0.495 e. The van der Waals surface area contributed by atoms with Gasteiger partial charge in [-0.05, 0) is 44.0 Å². The fourth-order valence-electron chi connectivity index (χ4n) is 4.78. The number of hydrogen-bond donors (Lipinski definition) is 1. The minimum atomic E-state index is -0.880. The topological polar surface area (TPSA) is 84.9 Å². The average molecular weight is 463 g/mol. The summed E-state index contributed by atoms with van der Waals surface area (Å²) in [5, 5.41) is 2.98. The van der Waals surface area contributed by atoms with Gasteiger partial charge in [-0.2, -0.15) is 0 Å². The van der Waals surface area contributed by atoms with Crippen molar-refractivity contribution in [2.75, 3.05) is 12.0 Å². The third-order valence-electron chi connectivity index (χ3n) is 6.20. The van der Waals surface area contributed by atoms with E-state index in [9.17, 15) is 14.4 Å². The maximum absolute atomic E-state index is 13.4. The molecule has 34 heavy (non-hydrogen) atoms. The summed E-state index contributed by atoms with van der Waals surface area (Å²) in [6, 6.07) is 14.5. The van der Waals surface area contributed by atoms with Crippen LogP contribution in [0.2, 0.25) is 0 Å². The van der Waals surface area contributed by atoms with Crippen molar-refractivity contribution in [3.8, 4) is 5.75 Å². The molecule has 4 rings (SSSR count). The fraction of sp³-hybridized carbons (Fsp3) is 0.370. The highest BCUT2D eigenvalue weighted by Crippen LogP contribution is 2.54. The quantitative estimate of drug-likeness (QED) is 0.717. The van der Waals surface area contributed by atoms with E-state index in [0.717, 1.165) is 11.1 Å². The van der Waals surface area contributed by atoms with Crippen molar-refractivity contribution in [2.24, 2.45) is 0 Å². The number of anilines is 1. The third kappa shape index (κ3) is 4.42. The van der Waals surface area contributed by atoms with Gasteiger partial charge in [-0.15, -0.1) is 0 Å². The van der Waals surface area contributed by atoms with E-state index in [4.69, 9.17) is 9.47 Å². The molecular formula is C27H30N2O5. The predicted molar refractivity (Wildman–Crippen MR) is 129 cm³/mol. The molecule has 2 aliphatic rings. The third-order valence-corrected chi connectivity index (χ3v) is 6.20. The number of amides is 2. The Morgan fingerprint density at radius 1 is 1.12 bits per heavy atom.